The topological polar surface area (TPSA) is 70.5 Å². The average Bonchev–Trinajstić information content (AvgIpc) is 3.21. The Morgan fingerprint density at radius 3 is 2.68 bits per heavy atom. The number of carboxylic acid groups (broad SMARTS) is 1. The monoisotopic (exact) mass is 258 g/mol. The summed E-state index contributed by atoms with van der Waals surface area (Å²) in [6, 6.07) is 2.79. The van der Waals surface area contributed by atoms with Gasteiger partial charge in [-0.3, -0.25) is 9.78 Å². The minimum Gasteiger partial charge on any atom is -0.478 e. The van der Waals surface area contributed by atoms with Gasteiger partial charge >= 0.3 is 5.97 Å². The molecule has 2 rings (SSSR count). The lowest BCUT2D eigenvalue weighted by molar-refractivity contribution is 0.0693. The number of hydrogen-bond donors (Lipinski definition) is 1. The highest BCUT2D eigenvalue weighted by Crippen LogP contribution is 2.29. The minimum atomic E-state index is -1.06. The third-order valence-corrected chi connectivity index (χ3v) is 2.97. The van der Waals surface area contributed by atoms with Crippen molar-refractivity contribution < 1.29 is 14.7 Å². The molecule has 5 nitrogen and oxygen atoms in total. The van der Waals surface area contributed by atoms with Crippen LogP contribution < -0.4 is 0 Å². The maximum Gasteiger partial charge on any atom is 0.337 e. The summed E-state index contributed by atoms with van der Waals surface area (Å²) in [6.45, 7) is 0.892. The fraction of sp³-hybridized carbons (Fsp3) is 0.357. The molecule has 19 heavy (non-hydrogen) atoms. The first kappa shape index (κ1) is 13.1. The first-order chi connectivity index (χ1) is 9.11. The Morgan fingerprint density at radius 2 is 2.21 bits per heavy atom. The maximum absolute atomic E-state index is 12.2. The van der Waals surface area contributed by atoms with Crippen LogP contribution in [0.25, 0.3) is 0 Å². The summed E-state index contributed by atoms with van der Waals surface area (Å²) < 4.78 is 0. The molecule has 0 bridgehead atoms. The van der Waals surface area contributed by atoms with Crippen LogP contribution in [-0.2, 0) is 0 Å². The van der Waals surface area contributed by atoms with Crippen LogP contribution in [-0.4, -0.2) is 40.0 Å². The predicted octanol–water partition coefficient (Wildman–Crippen LogP) is 1.27. The molecule has 5 heteroatoms. The number of aromatic nitrogens is 1. The van der Waals surface area contributed by atoms with Crippen molar-refractivity contribution in [2.45, 2.75) is 12.8 Å². The predicted molar refractivity (Wildman–Crippen MR) is 68.7 cm³/mol. The van der Waals surface area contributed by atoms with Crippen LogP contribution in [0.15, 0.2) is 18.3 Å². The summed E-state index contributed by atoms with van der Waals surface area (Å²) in [7, 11) is 0. The van der Waals surface area contributed by atoms with Crippen LogP contribution in [0.4, 0.5) is 0 Å². The fourth-order valence-electron chi connectivity index (χ4n) is 1.75. The van der Waals surface area contributed by atoms with Gasteiger partial charge < -0.3 is 10.0 Å². The number of carbonyl (C=O) groups is 2. The maximum atomic E-state index is 12.2. The van der Waals surface area contributed by atoms with Gasteiger partial charge in [-0.2, -0.15) is 0 Å². The van der Waals surface area contributed by atoms with Crippen LogP contribution in [0.5, 0.6) is 0 Å². The smallest absolute Gasteiger partial charge is 0.337 e. The van der Waals surface area contributed by atoms with Gasteiger partial charge in [-0.15, -0.1) is 6.42 Å². The third kappa shape index (κ3) is 3.32. The molecule has 1 N–H and O–H groups in total. The number of carboxylic acids is 1. The molecule has 0 aliphatic heterocycles. The molecule has 1 amide bonds. The van der Waals surface area contributed by atoms with Crippen molar-refractivity contribution in [1.29, 1.82) is 0 Å². The van der Waals surface area contributed by atoms with Crippen LogP contribution in [0.1, 0.15) is 33.7 Å². The Balaban J connectivity index is 2.11. The van der Waals surface area contributed by atoms with E-state index in [0.29, 0.717) is 12.5 Å². The Hall–Kier alpha value is -2.35. The molecule has 0 atom stereocenters. The lowest BCUT2D eigenvalue weighted by Gasteiger charge is -2.19. The second-order valence-corrected chi connectivity index (χ2v) is 4.57. The van der Waals surface area contributed by atoms with Crippen LogP contribution in [0.3, 0.4) is 0 Å². The van der Waals surface area contributed by atoms with E-state index in [9.17, 15) is 9.59 Å². The molecule has 1 aromatic rings. The number of nitrogens with zero attached hydrogens (tertiary/aromatic N) is 2. The first-order valence-electron chi connectivity index (χ1n) is 6.04. The number of pyridine rings is 1. The number of aromatic carboxylic acids is 1. The van der Waals surface area contributed by atoms with Crippen molar-refractivity contribution in [1.82, 2.24) is 9.88 Å². The van der Waals surface area contributed by atoms with E-state index in [1.54, 1.807) is 4.90 Å². The van der Waals surface area contributed by atoms with E-state index in [-0.39, 0.29) is 23.7 Å². The lowest BCUT2D eigenvalue weighted by Crippen LogP contribution is -2.33. The van der Waals surface area contributed by atoms with Crippen molar-refractivity contribution in [2.75, 3.05) is 13.1 Å². The SMILES string of the molecule is C#CCN(CC1CC1)C(=O)c1ccc(C(=O)O)cn1. The van der Waals surface area contributed by atoms with E-state index in [1.807, 2.05) is 0 Å². The molecule has 0 aromatic carbocycles. The van der Waals surface area contributed by atoms with E-state index in [0.717, 1.165) is 12.8 Å². The summed E-state index contributed by atoms with van der Waals surface area (Å²) in [5.74, 6) is 1.69. The summed E-state index contributed by atoms with van der Waals surface area (Å²) in [6.07, 6.45) is 8.69. The zero-order valence-corrected chi connectivity index (χ0v) is 10.4. The van der Waals surface area contributed by atoms with E-state index in [1.165, 1.54) is 18.3 Å². The van der Waals surface area contributed by atoms with Crippen LogP contribution in [0, 0.1) is 18.3 Å². The van der Waals surface area contributed by atoms with E-state index in [4.69, 9.17) is 11.5 Å². The van der Waals surface area contributed by atoms with Gasteiger partial charge in [0.1, 0.15) is 5.69 Å². The molecule has 1 aliphatic rings. The molecular formula is C14H14N2O3. The molecule has 1 aromatic heterocycles. The highest BCUT2D eigenvalue weighted by Gasteiger charge is 2.27. The molecule has 98 valence electrons. The molecule has 1 saturated carbocycles. The van der Waals surface area contributed by atoms with Gasteiger partial charge in [0.25, 0.3) is 5.91 Å². The molecule has 0 radical (unpaired) electrons. The van der Waals surface area contributed by atoms with Gasteiger partial charge in [0.05, 0.1) is 12.1 Å². The van der Waals surface area contributed by atoms with E-state index >= 15 is 0 Å². The molecule has 0 unspecified atom stereocenters. The Kier molecular flexibility index (Phi) is 3.81. The number of terminal acetylenes is 1. The van der Waals surface area contributed by atoms with E-state index in [2.05, 4.69) is 10.9 Å². The van der Waals surface area contributed by atoms with Gasteiger partial charge in [0, 0.05) is 12.7 Å². The summed E-state index contributed by atoms with van der Waals surface area (Å²) in [4.78, 5) is 28.4. The van der Waals surface area contributed by atoms with Gasteiger partial charge in [-0.25, -0.2) is 4.79 Å². The molecule has 1 heterocycles. The Labute approximate surface area is 111 Å². The molecule has 1 aliphatic carbocycles. The van der Waals surface area contributed by atoms with Gasteiger partial charge in [-0.05, 0) is 30.9 Å². The van der Waals surface area contributed by atoms with Gasteiger partial charge in [0.15, 0.2) is 0 Å². The van der Waals surface area contributed by atoms with Crippen molar-refractivity contribution in [3.63, 3.8) is 0 Å². The summed E-state index contributed by atoms with van der Waals surface area (Å²) >= 11 is 0. The van der Waals surface area contributed by atoms with Crippen LogP contribution in [0.2, 0.25) is 0 Å². The zero-order valence-electron chi connectivity index (χ0n) is 10.4. The lowest BCUT2D eigenvalue weighted by atomic mass is 10.2. The van der Waals surface area contributed by atoms with Gasteiger partial charge in [-0.1, -0.05) is 5.92 Å². The number of carbonyl (C=O) groups excluding carboxylic acids is 1. The second kappa shape index (κ2) is 5.53. The minimum absolute atomic E-state index is 0.0576. The average molecular weight is 258 g/mol. The summed E-state index contributed by atoms with van der Waals surface area (Å²) in [5, 5.41) is 8.77. The molecule has 1 fully saturated rings. The molecular weight excluding hydrogens is 244 g/mol. The van der Waals surface area contributed by atoms with E-state index < -0.39 is 5.97 Å². The number of amides is 1. The summed E-state index contributed by atoms with van der Waals surface area (Å²) in [5.41, 5.74) is 0.281. The number of rotatable bonds is 5. The highest BCUT2D eigenvalue weighted by atomic mass is 16.4. The Morgan fingerprint density at radius 1 is 1.47 bits per heavy atom. The van der Waals surface area contributed by atoms with Crippen molar-refractivity contribution >= 4 is 11.9 Å². The zero-order chi connectivity index (χ0) is 13.8. The van der Waals surface area contributed by atoms with Crippen LogP contribution >= 0.6 is 0 Å². The second-order valence-electron chi connectivity index (χ2n) is 4.57. The Bertz CT molecular complexity index is 527. The van der Waals surface area contributed by atoms with Gasteiger partial charge in [0.2, 0.25) is 0 Å². The normalized spacial score (nSPS) is 13.6. The fourth-order valence-corrected chi connectivity index (χ4v) is 1.75. The van der Waals surface area contributed by atoms with Crippen molar-refractivity contribution in [3.8, 4) is 12.3 Å². The molecule has 0 spiro atoms. The third-order valence-electron chi connectivity index (χ3n) is 2.97. The highest BCUT2D eigenvalue weighted by molar-refractivity contribution is 5.94. The first-order valence-corrected chi connectivity index (χ1v) is 6.04. The van der Waals surface area contributed by atoms with Crippen molar-refractivity contribution in [3.05, 3.63) is 29.6 Å². The number of hydrogen-bond acceptors (Lipinski definition) is 3. The quantitative estimate of drug-likeness (QED) is 0.807. The standard InChI is InChI=1S/C14H14N2O3/c1-2-7-16(9-10-3-4-10)13(17)12-6-5-11(8-15-12)14(18)19/h1,5-6,8,10H,3-4,7,9H2,(H,18,19). The largest absolute Gasteiger partial charge is 0.478 e. The van der Waals surface area contributed by atoms with Crippen molar-refractivity contribution in [2.24, 2.45) is 5.92 Å². The molecule has 0 saturated heterocycles.